The molecule has 0 bridgehead atoms. The third kappa shape index (κ3) is 5.18. The zero-order valence-corrected chi connectivity index (χ0v) is 14.0. The molecule has 0 heterocycles. The molecule has 4 nitrogen and oxygen atoms in total. The van der Waals surface area contributed by atoms with Crippen LogP contribution in [0.4, 0.5) is 0 Å². The number of carbonyl (C=O) groups excluding carboxylic acids is 1. The summed E-state index contributed by atoms with van der Waals surface area (Å²) in [5.74, 6) is 1.40. The normalized spacial score (nSPS) is 11.6. The molecular formula is C18H20ClNO3. The fourth-order valence-corrected chi connectivity index (χ4v) is 2.45. The Morgan fingerprint density at radius 2 is 1.78 bits per heavy atom. The van der Waals surface area contributed by atoms with E-state index in [2.05, 4.69) is 5.32 Å². The van der Waals surface area contributed by atoms with Crippen molar-refractivity contribution in [2.24, 2.45) is 0 Å². The summed E-state index contributed by atoms with van der Waals surface area (Å²) in [6.45, 7) is 2.22. The van der Waals surface area contributed by atoms with Gasteiger partial charge in [0.2, 0.25) is 5.91 Å². The second-order valence-electron chi connectivity index (χ2n) is 5.08. The lowest BCUT2D eigenvalue weighted by atomic mass is 10.1. The van der Waals surface area contributed by atoms with Crippen LogP contribution in [0, 0.1) is 0 Å². The molecule has 2 aromatic rings. The monoisotopic (exact) mass is 333 g/mol. The van der Waals surface area contributed by atoms with Gasteiger partial charge in [-0.25, -0.2) is 0 Å². The van der Waals surface area contributed by atoms with E-state index in [0.717, 1.165) is 11.3 Å². The lowest BCUT2D eigenvalue weighted by Crippen LogP contribution is -2.28. The van der Waals surface area contributed by atoms with Crippen LogP contribution in [0.3, 0.4) is 0 Å². The molecule has 0 saturated carbocycles. The first kappa shape index (κ1) is 17.2. The number of methoxy groups -OCH3 is 1. The van der Waals surface area contributed by atoms with Crippen LogP contribution in [0.5, 0.6) is 11.5 Å². The van der Waals surface area contributed by atoms with Gasteiger partial charge in [-0.05, 0) is 42.8 Å². The zero-order chi connectivity index (χ0) is 16.7. The lowest BCUT2D eigenvalue weighted by Gasteiger charge is -2.15. The van der Waals surface area contributed by atoms with E-state index in [1.165, 1.54) is 0 Å². The summed E-state index contributed by atoms with van der Waals surface area (Å²) < 4.78 is 10.6. The second-order valence-corrected chi connectivity index (χ2v) is 5.49. The molecular weight excluding hydrogens is 314 g/mol. The molecule has 0 aliphatic heterocycles. The summed E-state index contributed by atoms with van der Waals surface area (Å²) in [6.07, 6.45) is 0.279. The number of hydrogen-bond acceptors (Lipinski definition) is 3. The maximum Gasteiger partial charge on any atom is 0.223 e. The number of amides is 1. The minimum atomic E-state index is -0.141. The molecule has 23 heavy (non-hydrogen) atoms. The Bertz CT molecular complexity index is 643. The number of ether oxygens (including phenoxy) is 2. The van der Waals surface area contributed by atoms with Crippen LogP contribution < -0.4 is 14.8 Å². The molecule has 0 fully saturated rings. The molecule has 0 saturated heterocycles. The number of benzene rings is 2. The van der Waals surface area contributed by atoms with Gasteiger partial charge in [-0.2, -0.15) is 0 Å². The van der Waals surface area contributed by atoms with Gasteiger partial charge in [0, 0.05) is 5.02 Å². The molecule has 2 aromatic carbocycles. The molecule has 0 aliphatic carbocycles. The summed E-state index contributed by atoms with van der Waals surface area (Å²) in [7, 11) is 1.61. The van der Waals surface area contributed by atoms with E-state index in [1.54, 1.807) is 7.11 Å². The molecule has 0 spiro atoms. The number of halogens is 1. The largest absolute Gasteiger partial charge is 0.497 e. The highest BCUT2D eigenvalue weighted by Gasteiger charge is 2.12. The molecule has 1 atom stereocenters. The smallest absolute Gasteiger partial charge is 0.223 e. The maximum atomic E-state index is 12.0. The summed E-state index contributed by atoms with van der Waals surface area (Å²) in [6, 6.07) is 14.6. The van der Waals surface area contributed by atoms with Gasteiger partial charge >= 0.3 is 0 Å². The number of nitrogens with one attached hydrogen (secondary N) is 1. The van der Waals surface area contributed by atoms with Crippen molar-refractivity contribution in [3.63, 3.8) is 0 Å². The highest BCUT2D eigenvalue weighted by Crippen LogP contribution is 2.22. The molecule has 0 radical (unpaired) electrons. The van der Waals surface area contributed by atoms with Crippen molar-refractivity contribution in [2.75, 3.05) is 13.7 Å². The average molecular weight is 334 g/mol. The minimum absolute atomic E-state index is 0.0778. The SMILES string of the molecule is COc1ccc(OCCC(=O)NC(C)c2ccccc2Cl)cc1. The summed E-state index contributed by atoms with van der Waals surface area (Å²) in [5.41, 5.74) is 0.901. The van der Waals surface area contributed by atoms with Crippen LogP contribution in [0.2, 0.25) is 5.02 Å². The lowest BCUT2D eigenvalue weighted by molar-refractivity contribution is -0.122. The van der Waals surface area contributed by atoms with Crippen molar-refractivity contribution in [3.05, 3.63) is 59.1 Å². The van der Waals surface area contributed by atoms with Crippen molar-refractivity contribution >= 4 is 17.5 Å². The molecule has 122 valence electrons. The van der Waals surface area contributed by atoms with Crippen molar-refractivity contribution in [1.82, 2.24) is 5.32 Å². The third-order valence-electron chi connectivity index (χ3n) is 3.41. The highest BCUT2D eigenvalue weighted by molar-refractivity contribution is 6.31. The first-order valence-electron chi connectivity index (χ1n) is 7.41. The Balaban J connectivity index is 1.77. The van der Waals surface area contributed by atoms with E-state index < -0.39 is 0 Å². The Morgan fingerprint density at radius 3 is 2.43 bits per heavy atom. The van der Waals surface area contributed by atoms with Crippen LogP contribution in [0.15, 0.2) is 48.5 Å². The number of carbonyl (C=O) groups is 1. The van der Waals surface area contributed by atoms with Gasteiger partial charge in [0.05, 0.1) is 26.2 Å². The van der Waals surface area contributed by atoms with E-state index in [0.29, 0.717) is 17.4 Å². The van der Waals surface area contributed by atoms with E-state index in [1.807, 2.05) is 55.5 Å². The molecule has 2 rings (SSSR count). The van der Waals surface area contributed by atoms with Crippen LogP contribution in [0.25, 0.3) is 0 Å². The number of rotatable bonds is 7. The quantitative estimate of drug-likeness (QED) is 0.833. The van der Waals surface area contributed by atoms with Gasteiger partial charge < -0.3 is 14.8 Å². The molecule has 1 amide bonds. The number of hydrogen-bond donors (Lipinski definition) is 1. The predicted molar refractivity (Wildman–Crippen MR) is 91.1 cm³/mol. The van der Waals surface area contributed by atoms with Gasteiger partial charge in [0.15, 0.2) is 0 Å². The van der Waals surface area contributed by atoms with Gasteiger partial charge in [-0.1, -0.05) is 29.8 Å². The van der Waals surface area contributed by atoms with E-state index in [-0.39, 0.29) is 18.4 Å². The summed E-state index contributed by atoms with van der Waals surface area (Å²) in [5, 5.41) is 3.57. The maximum absolute atomic E-state index is 12.0. The first-order chi connectivity index (χ1) is 11.1. The van der Waals surface area contributed by atoms with Crippen LogP contribution in [-0.2, 0) is 4.79 Å². The average Bonchev–Trinajstić information content (AvgIpc) is 2.55. The predicted octanol–water partition coefficient (Wildman–Crippen LogP) is 3.99. The van der Waals surface area contributed by atoms with Crippen molar-refractivity contribution in [1.29, 1.82) is 0 Å². The molecule has 0 aliphatic rings. The summed E-state index contributed by atoms with van der Waals surface area (Å²) >= 11 is 6.13. The Morgan fingerprint density at radius 1 is 1.13 bits per heavy atom. The Labute approximate surface area is 141 Å². The molecule has 0 aromatic heterocycles. The highest BCUT2D eigenvalue weighted by atomic mass is 35.5. The van der Waals surface area contributed by atoms with Crippen molar-refractivity contribution < 1.29 is 14.3 Å². The zero-order valence-electron chi connectivity index (χ0n) is 13.2. The van der Waals surface area contributed by atoms with E-state index >= 15 is 0 Å². The second kappa shape index (κ2) is 8.44. The van der Waals surface area contributed by atoms with E-state index in [4.69, 9.17) is 21.1 Å². The molecule has 5 heteroatoms. The summed E-state index contributed by atoms with van der Waals surface area (Å²) in [4.78, 5) is 12.0. The first-order valence-corrected chi connectivity index (χ1v) is 7.78. The van der Waals surface area contributed by atoms with Crippen LogP contribution in [0.1, 0.15) is 24.9 Å². The minimum Gasteiger partial charge on any atom is -0.497 e. The molecule has 1 unspecified atom stereocenters. The topological polar surface area (TPSA) is 47.6 Å². The van der Waals surface area contributed by atoms with E-state index in [9.17, 15) is 4.79 Å². The van der Waals surface area contributed by atoms with Crippen LogP contribution >= 0.6 is 11.6 Å². The van der Waals surface area contributed by atoms with Gasteiger partial charge in [-0.3, -0.25) is 4.79 Å². The fraction of sp³-hybridized carbons (Fsp3) is 0.278. The Hall–Kier alpha value is -2.20. The van der Waals surface area contributed by atoms with Crippen molar-refractivity contribution in [2.45, 2.75) is 19.4 Å². The standard InChI is InChI=1S/C18H20ClNO3/c1-13(16-5-3-4-6-17(16)19)20-18(21)11-12-23-15-9-7-14(22-2)8-10-15/h3-10,13H,11-12H2,1-2H3,(H,20,21). The van der Waals surface area contributed by atoms with Crippen LogP contribution in [-0.4, -0.2) is 19.6 Å². The van der Waals surface area contributed by atoms with Crippen molar-refractivity contribution in [3.8, 4) is 11.5 Å². The van der Waals surface area contributed by atoms with Gasteiger partial charge in [0.25, 0.3) is 0 Å². The molecule has 1 N–H and O–H groups in total. The van der Waals surface area contributed by atoms with Gasteiger partial charge in [-0.15, -0.1) is 0 Å². The van der Waals surface area contributed by atoms with Gasteiger partial charge in [0.1, 0.15) is 11.5 Å². The fourth-order valence-electron chi connectivity index (χ4n) is 2.15. The third-order valence-corrected chi connectivity index (χ3v) is 3.75. The Kier molecular flexibility index (Phi) is 6.29.